The molecule has 1 aromatic rings. The molecule has 1 heterocycles. The predicted octanol–water partition coefficient (Wildman–Crippen LogP) is 0.409. The van der Waals surface area contributed by atoms with E-state index in [1.54, 1.807) is 12.4 Å². The highest BCUT2D eigenvalue weighted by Gasteiger charge is 2.10. The molecule has 0 radical (unpaired) electrons. The Bertz CT molecular complexity index is 405. The number of carboxylic acids is 1. The zero-order chi connectivity index (χ0) is 12.8. The van der Waals surface area contributed by atoms with Crippen molar-refractivity contribution < 1.29 is 14.7 Å². The fourth-order valence-corrected chi connectivity index (χ4v) is 1.90. The number of nitrogens with one attached hydrogen (secondary N) is 1. The van der Waals surface area contributed by atoms with E-state index in [4.69, 9.17) is 5.11 Å². The lowest BCUT2D eigenvalue weighted by Gasteiger charge is -2.14. The highest BCUT2D eigenvalue weighted by Crippen LogP contribution is 2.11. The minimum Gasteiger partial charge on any atom is -0.476 e. The van der Waals surface area contributed by atoms with E-state index in [2.05, 4.69) is 10.3 Å². The van der Waals surface area contributed by atoms with Crippen molar-refractivity contribution in [2.24, 2.45) is 0 Å². The van der Waals surface area contributed by atoms with Crippen LogP contribution in [0.15, 0.2) is 5.38 Å². The van der Waals surface area contributed by atoms with Crippen LogP contribution in [0.25, 0.3) is 0 Å². The summed E-state index contributed by atoms with van der Waals surface area (Å²) in [5, 5.41) is 13.1. The van der Waals surface area contributed by atoms with E-state index in [1.807, 2.05) is 11.9 Å². The number of carbonyl (C=O) groups excluding carboxylic acids is 1. The van der Waals surface area contributed by atoms with Gasteiger partial charge in [-0.1, -0.05) is 0 Å². The molecule has 1 rings (SSSR count). The normalized spacial score (nSPS) is 10.5. The maximum Gasteiger partial charge on any atom is 0.365 e. The van der Waals surface area contributed by atoms with Crippen molar-refractivity contribution in [3.63, 3.8) is 0 Å². The number of amides is 1. The monoisotopic (exact) mass is 257 g/mol. The number of aromatic nitrogens is 1. The van der Waals surface area contributed by atoms with Crippen molar-refractivity contribution in [3.8, 4) is 0 Å². The van der Waals surface area contributed by atoms with E-state index in [0.29, 0.717) is 25.2 Å². The zero-order valence-corrected chi connectivity index (χ0v) is 10.6. The van der Waals surface area contributed by atoms with E-state index < -0.39 is 5.97 Å². The number of hydrogen-bond acceptors (Lipinski definition) is 5. The van der Waals surface area contributed by atoms with Gasteiger partial charge in [0.1, 0.15) is 0 Å². The minimum atomic E-state index is -1.01. The van der Waals surface area contributed by atoms with Crippen LogP contribution in [0.3, 0.4) is 0 Å². The van der Waals surface area contributed by atoms with Gasteiger partial charge in [-0.25, -0.2) is 9.78 Å². The first kappa shape index (κ1) is 13.6. The number of aromatic carboxylic acids is 1. The van der Waals surface area contributed by atoms with Gasteiger partial charge in [-0.3, -0.25) is 4.79 Å². The Morgan fingerprint density at radius 3 is 2.82 bits per heavy atom. The molecular weight excluding hydrogens is 242 g/mol. The van der Waals surface area contributed by atoms with Crippen LogP contribution in [0.5, 0.6) is 0 Å². The van der Waals surface area contributed by atoms with Crippen molar-refractivity contribution in [3.05, 3.63) is 16.1 Å². The Labute approximate surface area is 103 Å². The Hall–Kier alpha value is -1.47. The molecule has 0 aliphatic heterocycles. The molecule has 7 heteroatoms. The second kappa shape index (κ2) is 6.31. The molecule has 94 valence electrons. The summed E-state index contributed by atoms with van der Waals surface area (Å²) in [6.45, 7) is 1.15. The summed E-state index contributed by atoms with van der Waals surface area (Å²) in [4.78, 5) is 27.6. The standard InChI is InChI=1S/C10H15N3O3S/c1-11-8(14)3-4-13(2)5-7-6-17-9(12-7)10(15)16/h6H,3-5H2,1-2H3,(H,11,14)(H,15,16). The molecule has 0 saturated heterocycles. The first-order valence-electron chi connectivity index (χ1n) is 5.09. The van der Waals surface area contributed by atoms with Crippen LogP contribution in [-0.2, 0) is 11.3 Å². The first-order valence-corrected chi connectivity index (χ1v) is 5.97. The lowest BCUT2D eigenvalue weighted by molar-refractivity contribution is -0.120. The van der Waals surface area contributed by atoms with Gasteiger partial charge in [0.05, 0.1) is 5.69 Å². The zero-order valence-electron chi connectivity index (χ0n) is 9.77. The van der Waals surface area contributed by atoms with Crippen LogP contribution in [0.2, 0.25) is 0 Å². The van der Waals surface area contributed by atoms with Crippen molar-refractivity contribution >= 4 is 23.2 Å². The number of rotatable bonds is 6. The summed E-state index contributed by atoms with van der Waals surface area (Å²) in [7, 11) is 3.46. The molecule has 0 bridgehead atoms. The molecule has 2 N–H and O–H groups in total. The third-order valence-corrected chi connectivity index (χ3v) is 3.05. The fraction of sp³-hybridized carbons (Fsp3) is 0.500. The lowest BCUT2D eigenvalue weighted by Crippen LogP contribution is -2.26. The quantitative estimate of drug-likeness (QED) is 0.771. The number of carboxylic acid groups (broad SMARTS) is 1. The summed E-state index contributed by atoms with van der Waals surface area (Å²) in [5.74, 6) is -1.02. The molecule has 0 spiro atoms. The molecule has 0 atom stereocenters. The number of thiazole rings is 1. The molecule has 0 unspecified atom stereocenters. The van der Waals surface area contributed by atoms with Crippen molar-refractivity contribution in [2.75, 3.05) is 20.6 Å². The van der Waals surface area contributed by atoms with Crippen LogP contribution >= 0.6 is 11.3 Å². The molecule has 0 aliphatic carbocycles. The van der Waals surface area contributed by atoms with Gasteiger partial charge in [0.15, 0.2) is 0 Å². The molecule has 0 saturated carbocycles. The third kappa shape index (κ3) is 4.49. The Morgan fingerprint density at radius 1 is 1.59 bits per heavy atom. The van der Waals surface area contributed by atoms with E-state index >= 15 is 0 Å². The van der Waals surface area contributed by atoms with E-state index in [1.165, 1.54) is 0 Å². The molecule has 17 heavy (non-hydrogen) atoms. The number of hydrogen-bond donors (Lipinski definition) is 2. The second-order valence-corrected chi connectivity index (χ2v) is 4.47. The molecule has 1 aromatic heterocycles. The van der Waals surface area contributed by atoms with Crippen molar-refractivity contribution in [1.82, 2.24) is 15.2 Å². The summed E-state index contributed by atoms with van der Waals surface area (Å²) in [6.07, 6.45) is 0.420. The van der Waals surface area contributed by atoms with Gasteiger partial charge >= 0.3 is 5.97 Å². The Morgan fingerprint density at radius 2 is 2.29 bits per heavy atom. The average Bonchev–Trinajstić information content (AvgIpc) is 2.74. The van der Waals surface area contributed by atoms with Crippen LogP contribution in [0.4, 0.5) is 0 Å². The number of nitrogens with zero attached hydrogens (tertiary/aromatic N) is 2. The molecule has 0 aromatic carbocycles. The summed E-state index contributed by atoms with van der Waals surface area (Å²) < 4.78 is 0. The smallest absolute Gasteiger partial charge is 0.365 e. The van der Waals surface area contributed by atoms with Gasteiger partial charge in [0.2, 0.25) is 10.9 Å². The third-order valence-electron chi connectivity index (χ3n) is 2.17. The largest absolute Gasteiger partial charge is 0.476 e. The minimum absolute atomic E-state index is 0.0126. The second-order valence-electron chi connectivity index (χ2n) is 3.61. The highest BCUT2D eigenvalue weighted by molar-refractivity contribution is 7.11. The molecular formula is C10H15N3O3S. The van der Waals surface area contributed by atoms with Crippen LogP contribution in [0.1, 0.15) is 21.9 Å². The van der Waals surface area contributed by atoms with Gasteiger partial charge in [-0.2, -0.15) is 0 Å². The highest BCUT2D eigenvalue weighted by atomic mass is 32.1. The predicted molar refractivity (Wildman–Crippen MR) is 64.1 cm³/mol. The first-order chi connectivity index (χ1) is 8.02. The Kier molecular flexibility index (Phi) is 5.05. The van der Waals surface area contributed by atoms with Gasteiger partial charge in [-0.05, 0) is 7.05 Å². The van der Waals surface area contributed by atoms with Crippen molar-refractivity contribution in [1.29, 1.82) is 0 Å². The van der Waals surface area contributed by atoms with Crippen LogP contribution in [-0.4, -0.2) is 47.5 Å². The van der Waals surface area contributed by atoms with Gasteiger partial charge in [0, 0.05) is 31.9 Å². The summed E-state index contributed by atoms with van der Waals surface area (Å²) in [6, 6.07) is 0. The van der Waals surface area contributed by atoms with E-state index in [-0.39, 0.29) is 10.9 Å². The molecule has 0 aliphatic rings. The van der Waals surface area contributed by atoms with E-state index in [9.17, 15) is 9.59 Å². The summed E-state index contributed by atoms with van der Waals surface area (Å²) >= 11 is 1.11. The maximum absolute atomic E-state index is 11.0. The van der Waals surface area contributed by atoms with Crippen molar-refractivity contribution in [2.45, 2.75) is 13.0 Å². The number of carbonyl (C=O) groups is 2. The molecule has 0 fully saturated rings. The van der Waals surface area contributed by atoms with Crippen LogP contribution < -0.4 is 5.32 Å². The average molecular weight is 257 g/mol. The fourth-order valence-electron chi connectivity index (χ4n) is 1.25. The van der Waals surface area contributed by atoms with E-state index in [0.717, 1.165) is 11.3 Å². The van der Waals surface area contributed by atoms with Gasteiger partial charge in [0.25, 0.3) is 0 Å². The summed E-state index contributed by atoms with van der Waals surface area (Å²) in [5.41, 5.74) is 0.715. The van der Waals surface area contributed by atoms with Crippen LogP contribution in [0, 0.1) is 0 Å². The molecule has 1 amide bonds. The SMILES string of the molecule is CNC(=O)CCN(C)Cc1csc(C(=O)O)n1. The molecule has 6 nitrogen and oxygen atoms in total. The lowest BCUT2D eigenvalue weighted by atomic mass is 10.3. The maximum atomic E-state index is 11.0. The Balaban J connectivity index is 2.42. The topological polar surface area (TPSA) is 82.5 Å². The van der Waals surface area contributed by atoms with Gasteiger partial charge in [-0.15, -0.1) is 11.3 Å². The van der Waals surface area contributed by atoms with Gasteiger partial charge < -0.3 is 15.3 Å².